The van der Waals surface area contributed by atoms with Crippen molar-refractivity contribution in [2.45, 2.75) is 63.9 Å². The van der Waals surface area contributed by atoms with E-state index in [4.69, 9.17) is 0 Å². The lowest BCUT2D eigenvalue weighted by molar-refractivity contribution is 0.0380. The third kappa shape index (κ3) is 4.16. The minimum Gasteiger partial charge on any atom is -0.388 e. The average molecular weight is 263 g/mol. The lowest BCUT2D eigenvalue weighted by Gasteiger charge is -2.27. The van der Waals surface area contributed by atoms with Gasteiger partial charge in [0, 0.05) is 18.3 Å². The van der Waals surface area contributed by atoms with Gasteiger partial charge in [0.1, 0.15) is 12.1 Å². The summed E-state index contributed by atoms with van der Waals surface area (Å²) in [5.74, 6) is 1.21. The quantitative estimate of drug-likeness (QED) is 0.820. The smallest absolute Gasteiger partial charge is 0.129 e. The van der Waals surface area contributed by atoms with Gasteiger partial charge in [-0.1, -0.05) is 39.5 Å². The van der Waals surface area contributed by atoms with Crippen molar-refractivity contribution in [2.24, 2.45) is 0 Å². The first-order valence-electron chi connectivity index (χ1n) is 7.37. The molecule has 2 N–H and O–H groups in total. The van der Waals surface area contributed by atoms with Crippen molar-refractivity contribution in [1.29, 1.82) is 0 Å². The molecule has 0 radical (unpaired) electrons. The van der Waals surface area contributed by atoms with E-state index in [1.807, 2.05) is 6.07 Å². The highest BCUT2D eigenvalue weighted by atomic mass is 16.3. The summed E-state index contributed by atoms with van der Waals surface area (Å²) >= 11 is 0. The molecule has 0 atom stereocenters. The number of hydrogen-bond donors (Lipinski definition) is 2. The van der Waals surface area contributed by atoms with E-state index < -0.39 is 5.60 Å². The predicted molar refractivity (Wildman–Crippen MR) is 77.3 cm³/mol. The van der Waals surface area contributed by atoms with E-state index in [2.05, 4.69) is 29.1 Å². The van der Waals surface area contributed by atoms with Crippen LogP contribution in [0.15, 0.2) is 12.4 Å². The fraction of sp³-hybridized carbons (Fsp3) is 0.733. The SMILES string of the molecule is CC(C)c1cc(NCC2(O)CCCCCC2)ncn1. The summed E-state index contributed by atoms with van der Waals surface area (Å²) in [6.07, 6.45) is 8.11. The lowest BCUT2D eigenvalue weighted by Crippen LogP contribution is -2.36. The fourth-order valence-corrected chi connectivity index (χ4v) is 2.60. The van der Waals surface area contributed by atoms with Gasteiger partial charge in [0.2, 0.25) is 0 Å². The van der Waals surface area contributed by atoms with Crippen molar-refractivity contribution in [1.82, 2.24) is 9.97 Å². The van der Waals surface area contributed by atoms with Crippen LogP contribution >= 0.6 is 0 Å². The Kier molecular flexibility index (Phi) is 4.75. The number of aromatic nitrogens is 2. The zero-order valence-electron chi connectivity index (χ0n) is 12.0. The Morgan fingerprint density at radius 1 is 1.21 bits per heavy atom. The molecular formula is C15H25N3O. The van der Waals surface area contributed by atoms with Gasteiger partial charge in [-0.25, -0.2) is 9.97 Å². The largest absolute Gasteiger partial charge is 0.388 e. The second-order valence-corrected chi connectivity index (χ2v) is 5.97. The minimum absolute atomic E-state index is 0.393. The van der Waals surface area contributed by atoms with Crippen LogP contribution < -0.4 is 5.32 Å². The molecule has 1 saturated carbocycles. The summed E-state index contributed by atoms with van der Waals surface area (Å²) in [5, 5.41) is 13.9. The van der Waals surface area contributed by atoms with Crippen molar-refractivity contribution in [3.63, 3.8) is 0 Å². The third-order valence-electron chi connectivity index (χ3n) is 3.91. The maximum Gasteiger partial charge on any atom is 0.129 e. The molecule has 0 bridgehead atoms. The molecule has 19 heavy (non-hydrogen) atoms. The van der Waals surface area contributed by atoms with Gasteiger partial charge in [0.05, 0.1) is 5.60 Å². The molecule has 4 nitrogen and oxygen atoms in total. The van der Waals surface area contributed by atoms with Crippen LogP contribution in [0.2, 0.25) is 0 Å². The van der Waals surface area contributed by atoms with Gasteiger partial charge in [-0.05, 0) is 18.8 Å². The van der Waals surface area contributed by atoms with Gasteiger partial charge in [-0.2, -0.15) is 0 Å². The standard InChI is InChI=1S/C15H25N3O/c1-12(2)13-9-14(18-11-17-13)16-10-15(19)7-5-3-4-6-8-15/h9,11-12,19H,3-8,10H2,1-2H3,(H,16,17,18). The Morgan fingerprint density at radius 2 is 1.89 bits per heavy atom. The Labute approximate surface area is 115 Å². The van der Waals surface area contributed by atoms with Gasteiger partial charge in [-0.15, -0.1) is 0 Å². The summed E-state index contributed by atoms with van der Waals surface area (Å²) in [7, 11) is 0. The van der Waals surface area contributed by atoms with E-state index in [1.165, 1.54) is 12.8 Å². The molecule has 1 aromatic heterocycles. The first-order valence-corrected chi connectivity index (χ1v) is 7.37. The highest BCUT2D eigenvalue weighted by molar-refractivity contribution is 5.36. The molecule has 1 aliphatic carbocycles. The molecule has 1 aliphatic rings. The summed E-state index contributed by atoms with van der Waals surface area (Å²) < 4.78 is 0. The summed E-state index contributed by atoms with van der Waals surface area (Å²) in [6, 6.07) is 1.98. The molecule has 0 amide bonds. The number of anilines is 1. The first-order chi connectivity index (χ1) is 9.09. The summed E-state index contributed by atoms with van der Waals surface area (Å²) in [4.78, 5) is 8.48. The maximum atomic E-state index is 10.6. The number of rotatable bonds is 4. The van der Waals surface area contributed by atoms with Gasteiger partial charge in [-0.3, -0.25) is 0 Å². The number of nitrogens with one attached hydrogen (secondary N) is 1. The van der Waals surface area contributed by atoms with E-state index >= 15 is 0 Å². The maximum absolute atomic E-state index is 10.6. The fourth-order valence-electron chi connectivity index (χ4n) is 2.60. The van der Waals surface area contributed by atoms with Crippen LogP contribution in [0, 0.1) is 0 Å². The number of nitrogens with zero attached hydrogens (tertiary/aromatic N) is 2. The molecule has 1 aromatic rings. The van der Waals surface area contributed by atoms with Gasteiger partial charge in [0.15, 0.2) is 0 Å². The molecule has 0 saturated heterocycles. The van der Waals surface area contributed by atoms with Crippen LogP contribution in [0.25, 0.3) is 0 Å². The monoisotopic (exact) mass is 263 g/mol. The molecular weight excluding hydrogens is 238 g/mol. The van der Waals surface area contributed by atoms with Crippen LogP contribution in [0.1, 0.15) is 64.0 Å². The van der Waals surface area contributed by atoms with Crippen molar-refractivity contribution < 1.29 is 5.11 Å². The van der Waals surface area contributed by atoms with E-state index in [0.717, 1.165) is 37.2 Å². The van der Waals surface area contributed by atoms with E-state index in [0.29, 0.717) is 12.5 Å². The lowest BCUT2D eigenvalue weighted by atomic mass is 9.94. The Balaban J connectivity index is 1.95. The number of aliphatic hydroxyl groups is 1. The molecule has 2 rings (SSSR count). The summed E-state index contributed by atoms with van der Waals surface area (Å²) in [5.41, 5.74) is 0.463. The van der Waals surface area contributed by atoms with Gasteiger partial charge in [0.25, 0.3) is 0 Å². The molecule has 1 heterocycles. The molecule has 0 spiro atoms. The Morgan fingerprint density at radius 3 is 2.53 bits per heavy atom. The predicted octanol–water partition coefficient (Wildman–Crippen LogP) is 3.10. The van der Waals surface area contributed by atoms with E-state index in [1.54, 1.807) is 6.33 Å². The van der Waals surface area contributed by atoms with Crippen molar-refractivity contribution in [3.8, 4) is 0 Å². The zero-order chi connectivity index (χ0) is 13.7. The van der Waals surface area contributed by atoms with Crippen LogP contribution in [0.4, 0.5) is 5.82 Å². The molecule has 0 aromatic carbocycles. The van der Waals surface area contributed by atoms with E-state index in [-0.39, 0.29) is 0 Å². The molecule has 0 unspecified atom stereocenters. The van der Waals surface area contributed by atoms with Crippen LogP contribution in [-0.4, -0.2) is 27.2 Å². The van der Waals surface area contributed by atoms with Crippen molar-refractivity contribution in [2.75, 3.05) is 11.9 Å². The molecule has 106 valence electrons. The normalized spacial score (nSPS) is 19.2. The Hall–Kier alpha value is -1.16. The highest BCUT2D eigenvalue weighted by Crippen LogP contribution is 2.27. The second-order valence-electron chi connectivity index (χ2n) is 5.97. The highest BCUT2D eigenvalue weighted by Gasteiger charge is 2.27. The van der Waals surface area contributed by atoms with E-state index in [9.17, 15) is 5.11 Å². The zero-order valence-corrected chi connectivity index (χ0v) is 12.0. The molecule has 1 fully saturated rings. The molecule has 4 heteroatoms. The second kappa shape index (κ2) is 6.33. The van der Waals surface area contributed by atoms with Gasteiger partial charge < -0.3 is 10.4 Å². The Bertz CT molecular complexity index is 398. The minimum atomic E-state index is -0.570. The third-order valence-corrected chi connectivity index (χ3v) is 3.91. The molecule has 0 aliphatic heterocycles. The van der Waals surface area contributed by atoms with Crippen LogP contribution in [0.3, 0.4) is 0 Å². The van der Waals surface area contributed by atoms with Crippen LogP contribution in [0.5, 0.6) is 0 Å². The first kappa shape index (κ1) is 14.3. The number of hydrogen-bond acceptors (Lipinski definition) is 4. The van der Waals surface area contributed by atoms with Crippen molar-refractivity contribution in [3.05, 3.63) is 18.1 Å². The van der Waals surface area contributed by atoms with Crippen LogP contribution in [-0.2, 0) is 0 Å². The van der Waals surface area contributed by atoms with Crippen molar-refractivity contribution >= 4 is 5.82 Å². The average Bonchev–Trinajstić information content (AvgIpc) is 2.62. The summed E-state index contributed by atoms with van der Waals surface area (Å²) in [6.45, 7) is 4.82. The topological polar surface area (TPSA) is 58.0 Å². The van der Waals surface area contributed by atoms with Gasteiger partial charge >= 0.3 is 0 Å².